The van der Waals surface area contributed by atoms with Crippen LogP contribution in [0.15, 0.2) is 12.2 Å². The van der Waals surface area contributed by atoms with Gasteiger partial charge in [0, 0.05) is 0 Å². The number of hydrogen-bond donors (Lipinski definition) is 2. The largest absolute Gasteiger partial charge is 0.317 e. The van der Waals surface area contributed by atoms with Crippen LogP contribution in [0.4, 0.5) is 0 Å². The van der Waals surface area contributed by atoms with E-state index in [-0.39, 0.29) is 0 Å². The maximum atomic E-state index is 3.56. The van der Waals surface area contributed by atoms with E-state index in [1.807, 2.05) is 0 Å². The van der Waals surface area contributed by atoms with Crippen LogP contribution in [-0.4, -0.2) is 26.2 Å². The van der Waals surface area contributed by atoms with E-state index in [2.05, 4.69) is 29.7 Å². The summed E-state index contributed by atoms with van der Waals surface area (Å²) in [6.45, 7) is 6.90. The lowest BCUT2D eigenvalue weighted by Gasteiger charge is -2.18. The Balaban J connectivity index is 1.82. The molecule has 1 aliphatic carbocycles. The van der Waals surface area contributed by atoms with Gasteiger partial charge in [0.1, 0.15) is 0 Å². The van der Waals surface area contributed by atoms with E-state index in [1.165, 1.54) is 38.6 Å². The fourth-order valence-electron chi connectivity index (χ4n) is 1.99. The van der Waals surface area contributed by atoms with Gasteiger partial charge >= 0.3 is 0 Å². The summed E-state index contributed by atoms with van der Waals surface area (Å²) in [5, 5.41) is 6.98. The van der Waals surface area contributed by atoms with Crippen molar-refractivity contribution >= 4 is 0 Å². The molecule has 88 valence electrons. The van der Waals surface area contributed by atoms with Crippen molar-refractivity contribution in [2.75, 3.05) is 26.2 Å². The molecule has 1 unspecified atom stereocenters. The average Bonchev–Trinajstić information content (AvgIpc) is 2.29. The maximum Gasteiger partial charge on any atom is -0.00174 e. The summed E-state index contributed by atoms with van der Waals surface area (Å²) < 4.78 is 0. The fourth-order valence-corrected chi connectivity index (χ4v) is 1.99. The first kappa shape index (κ1) is 12.7. The van der Waals surface area contributed by atoms with Crippen molar-refractivity contribution < 1.29 is 0 Å². The molecule has 1 rings (SSSR count). The molecule has 2 nitrogen and oxygen atoms in total. The van der Waals surface area contributed by atoms with Crippen molar-refractivity contribution in [3.8, 4) is 0 Å². The van der Waals surface area contributed by atoms with Crippen LogP contribution in [0.1, 0.15) is 39.0 Å². The first-order valence-corrected chi connectivity index (χ1v) is 6.50. The lowest BCUT2D eigenvalue weighted by molar-refractivity contribution is 0.437. The lowest BCUT2D eigenvalue weighted by Crippen LogP contribution is -2.27. The molecule has 2 heteroatoms. The molecule has 0 aromatic rings. The zero-order chi connectivity index (χ0) is 10.8. The standard InChI is InChI=1S/C13H26N2/c1-2-9-14-10-6-11-15-12-13-7-4-3-5-8-13/h3-4,13-15H,2,5-12H2,1H3. The zero-order valence-corrected chi connectivity index (χ0v) is 10.1. The first-order valence-electron chi connectivity index (χ1n) is 6.50. The molecule has 0 saturated carbocycles. The van der Waals surface area contributed by atoms with Crippen LogP contribution in [-0.2, 0) is 0 Å². The highest BCUT2D eigenvalue weighted by atomic mass is 14.9. The molecule has 0 fully saturated rings. The Morgan fingerprint density at radius 2 is 2.00 bits per heavy atom. The molecule has 1 aliphatic rings. The predicted octanol–water partition coefficient (Wildman–Crippen LogP) is 2.32. The predicted molar refractivity (Wildman–Crippen MR) is 67.1 cm³/mol. The summed E-state index contributed by atoms with van der Waals surface area (Å²) in [4.78, 5) is 0. The van der Waals surface area contributed by atoms with Crippen LogP contribution in [0.5, 0.6) is 0 Å². The molecule has 0 bridgehead atoms. The second-order valence-electron chi connectivity index (χ2n) is 4.46. The van der Waals surface area contributed by atoms with Crippen LogP contribution in [0.3, 0.4) is 0 Å². The Kier molecular flexibility index (Phi) is 7.58. The SMILES string of the molecule is CCCNCCCNCC1CC=CCC1. The van der Waals surface area contributed by atoms with Gasteiger partial charge in [-0.25, -0.2) is 0 Å². The van der Waals surface area contributed by atoms with Crippen LogP contribution in [0.2, 0.25) is 0 Å². The number of allylic oxidation sites excluding steroid dienone is 2. The highest BCUT2D eigenvalue weighted by molar-refractivity contribution is 4.90. The smallest absolute Gasteiger partial charge is 0.00174 e. The van der Waals surface area contributed by atoms with Gasteiger partial charge in [-0.1, -0.05) is 19.1 Å². The van der Waals surface area contributed by atoms with Gasteiger partial charge in [0.05, 0.1) is 0 Å². The molecule has 2 N–H and O–H groups in total. The molecule has 0 spiro atoms. The van der Waals surface area contributed by atoms with E-state index in [4.69, 9.17) is 0 Å². The number of rotatable bonds is 8. The molecular weight excluding hydrogens is 184 g/mol. The van der Waals surface area contributed by atoms with E-state index in [0.717, 1.165) is 25.6 Å². The van der Waals surface area contributed by atoms with Crippen molar-refractivity contribution in [2.45, 2.75) is 39.0 Å². The van der Waals surface area contributed by atoms with Crippen LogP contribution < -0.4 is 10.6 Å². The number of hydrogen-bond acceptors (Lipinski definition) is 2. The van der Waals surface area contributed by atoms with Crippen molar-refractivity contribution in [3.63, 3.8) is 0 Å². The second-order valence-corrected chi connectivity index (χ2v) is 4.46. The molecule has 0 amide bonds. The zero-order valence-electron chi connectivity index (χ0n) is 10.1. The molecule has 0 aromatic carbocycles. The summed E-state index contributed by atoms with van der Waals surface area (Å²) >= 11 is 0. The molecule has 0 saturated heterocycles. The van der Waals surface area contributed by atoms with Crippen LogP contribution in [0, 0.1) is 5.92 Å². The van der Waals surface area contributed by atoms with Gasteiger partial charge < -0.3 is 10.6 Å². The highest BCUT2D eigenvalue weighted by Gasteiger charge is 2.08. The second kappa shape index (κ2) is 8.93. The third-order valence-electron chi connectivity index (χ3n) is 2.94. The Morgan fingerprint density at radius 3 is 2.73 bits per heavy atom. The number of nitrogens with one attached hydrogen (secondary N) is 2. The van der Waals surface area contributed by atoms with Gasteiger partial charge in [0.15, 0.2) is 0 Å². The van der Waals surface area contributed by atoms with Gasteiger partial charge in [0.2, 0.25) is 0 Å². The van der Waals surface area contributed by atoms with Gasteiger partial charge in [0.25, 0.3) is 0 Å². The molecule has 0 aromatic heterocycles. The lowest BCUT2D eigenvalue weighted by atomic mass is 9.94. The minimum atomic E-state index is 0.888. The summed E-state index contributed by atoms with van der Waals surface area (Å²) in [6.07, 6.45) is 11.1. The van der Waals surface area contributed by atoms with Crippen LogP contribution >= 0.6 is 0 Å². The topological polar surface area (TPSA) is 24.1 Å². The molecule has 0 aliphatic heterocycles. The minimum absolute atomic E-state index is 0.888. The molecule has 0 radical (unpaired) electrons. The van der Waals surface area contributed by atoms with Gasteiger partial charge in [-0.15, -0.1) is 0 Å². The third kappa shape index (κ3) is 6.69. The maximum absolute atomic E-state index is 3.56. The van der Waals surface area contributed by atoms with Gasteiger partial charge in [-0.2, -0.15) is 0 Å². The Labute approximate surface area is 94.5 Å². The van der Waals surface area contributed by atoms with E-state index >= 15 is 0 Å². The Hall–Kier alpha value is -0.340. The van der Waals surface area contributed by atoms with Gasteiger partial charge in [-0.05, 0) is 64.2 Å². The minimum Gasteiger partial charge on any atom is -0.317 e. The summed E-state index contributed by atoms with van der Waals surface area (Å²) in [7, 11) is 0. The fraction of sp³-hybridized carbons (Fsp3) is 0.846. The van der Waals surface area contributed by atoms with Gasteiger partial charge in [-0.3, -0.25) is 0 Å². The summed E-state index contributed by atoms with van der Waals surface area (Å²) in [5.74, 6) is 0.888. The van der Waals surface area contributed by atoms with Crippen molar-refractivity contribution in [3.05, 3.63) is 12.2 Å². The highest BCUT2D eigenvalue weighted by Crippen LogP contribution is 2.16. The quantitative estimate of drug-likeness (QED) is 0.474. The van der Waals surface area contributed by atoms with E-state index in [9.17, 15) is 0 Å². The molecular formula is C13H26N2. The third-order valence-corrected chi connectivity index (χ3v) is 2.94. The first-order chi connectivity index (χ1) is 7.43. The normalized spacial score (nSPS) is 20.7. The van der Waals surface area contributed by atoms with Crippen molar-refractivity contribution in [1.29, 1.82) is 0 Å². The molecule has 1 atom stereocenters. The molecule has 15 heavy (non-hydrogen) atoms. The van der Waals surface area contributed by atoms with E-state index < -0.39 is 0 Å². The summed E-state index contributed by atoms with van der Waals surface area (Å²) in [5.41, 5.74) is 0. The summed E-state index contributed by atoms with van der Waals surface area (Å²) in [6, 6.07) is 0. The Bertz CT molecular complexity index is 166. The van der Waals surface area contributed by atoms with Crippen molar-refractivity contribution in [2.24, 2.45) is 5.92 Å². The van der Waals surface area contributed by atoms with Crippen molar-refractivity contribution in [1.82, 2.24) is 10.6 Å². The molecule has 0 heterocycles. The van der Waals surface area contributed by atoms with Crippen LogP contribution in [0.25, 0.3) is 0 Å². The van der Waals surface area contributed by atoms with E-state index in [0.29, 0.717) is 0 Å². The Morgan fingerprint density at radius 1 is 1.13 bits per heavy atom. The van der Waals surface area contributed by atoms with E-state index in [1.54, 1.807) is 0 Å². The average molecular weight is 210 g/mol. The monoisotopic (exact) mass is 210 g/mol.